The summed E-state index contributed by atoms with van der Waals surface area (Å²) in [6.45, 7) is 1.63. The number of hydrogen-bond donors (Lipinski definition) is 1. The third-order valence-corrected chi connectivity index (χ3v) is 3.65. The summed E-state index contributed by atoms with van der Waals surface area (Å²) in [7, 11) is 1.37. The first-order valence-corrected chi connectivity index (χ1v) is 7.27. The zero-order chi connectivity index (χ0) is 16.1. The number of halogens is 1. The van der Waals surface area contributed by atoms with E-state index in [2.05, 4.69) is 5.32 Å². The molecule has 0 radical (unpaired) electrons. The van der Waals surface area contributed by atoms with Crippen molar-refractivity contribution < 1.29 is 23.5 Å². The van der Waals surface area contributed by atoms with E-state index in [1.54, 1.807) is 6.07 Å². The summed E-state index contributed by atoms with van der Waals surface area (Å²) in [5.74, 6) is -0.760. The largest absolute Gasteiger partial charge is 0.494 e. The molecule has 0 saturated heterocycles. The zero-order valence-electron chi connectivity index (χ0n) is 12.7. The molecule has 0 bridgehead atoms. The van der Waals surface area contributed by atoms with Gasteiger partial charge in [0.2, 0.25) is 0 Å². The molecule has 1 amide bonds. The van der Waals surface area contributed by atoms with Crippen LogP contribution in [0.15, 0.2) is 18.2 Å². The lowest BCUT2D eigenvalue weighted by molar-refractivity contribution is -0.148. The molecule has 1 atom stereocenters. The number of amides is 1. The molecule has 1 aromatic rings. The molecule has 0 aliphatic heterocycles. The molecule has 22 heavy (non-hydrogen) atoms. The fourth-order valence-corrected chi connectivity index (χ4v) is 2.19. The smallest absolute Gasteiger partial charge is 0.310 e. The van der Waals surface area contributed by atoms with Crippen molar-refractivity contribution in [1.82, 2.24) is 5.32 Å². The van der Waals surface area contributed by atoms with Gasteiger partial charge in [0.25, 0.3) is 5.91 Å². The normalized spacial score (nSPS) is 15.0. The van der Waals surface area contributed by atoms with Gasteiger partial charge in [-0.3, -0.25) is 9.59 Å². The van der Waals surface area contributed by atoms with Gasteiger partial charge >= 0.3 is 5.97 Å². The highest BCUT2D eigenvalue weighted by atomic mass is 19.1. The molecule has 1 aliphatic rings. The highest BCUT2D eigenvalue weighted by molar-refractivity contribution is 5.81. The summed E-state index contributed by atoms with van der Waals surface area (Å²) >= 11 is 0. The van der Waals surface area contributed by atoms with Gasteiger partial charge < -0.3 is 14.8 Å². The maximum absolute atomic E-state index is 13.5. The maximum Gasteiger partial charge on any atom is 0.310 e. The van der Waals surface area contributed by atoms with Crippen LogP contribution in [-0.4, -0.2) is 31.6 Å². The molecule has 1 N–H and O–H groups in total. The number of nitrogens with one attached hydrogen (secondary N) is 1. The molecule has 0 unspecified atom stereocenters. The van der Waals surface area contributed by atoms with Crippen molar-refractivity contribution in [3.8, 4) is 5.75 Å². The van der Waals surface area contributed by atoms with Crippen LogP contribution in [-0.2, 0) is 20.7 Å². The van der Waals surface area contributed by atoms with Crippen LogP contribution >= 0.6 is 0 Å². The van der Waals surface area contributed by atoms with Crippen molar-refractivity contribution in [2.24, 2.45) is 5.92 Å². The molecule has 1 aliphatic carbocycles. The van der Waals surface area contributed by atoms with Gasteiger partial charge in [-0.25, -0.2) is 4.39 Å². The molecular formula is C16H20FNO4. The number of carbonyl (C=O) groups is 2. The van der Waals surface area contributed by atoms with Gasteiger partial charge in [-0.1, -0.05) is 6.07 Å². The van der Waals surface area contributed by atoms with Crippen molar-refractivity contribution in [2.45, 2.75) is 32.2 Å². The fraction of sp³-hybridized carbons (Fsp3) is 0.500. The fourth-order valence-electron chi connectivity index (χ4n) is 2.19. The topological polar surface area (TPSA) is 64.6 Å². The Morgan fingerprint density at radius 2 is 2.14 bits per heavy atom. The number of carbonyl (C=O) groups excluding carboxylic acids is 2. The van der Waals surface area contributed by atoms with E-state index in [1.165, 1.54) is 19.2 Å². The molecule has 2 rings (SSSR count). The van der Waals surface area contributed by atoms with Gasteiger partial charge in [-0.15, -0.1) is 0 Å². The van der Waals surface area contributed by atoms with Crippen LogP contribution in [0.5, 0.6) is 5.75 Å². The van der Waals surface area contributed by atoms with E-state index < -0.39 is 11.8 Å². The van der Waals surface area contributed by atoms with E-state index in [9.17, 15) is 14.0 Å². The van der Waals surface area contributed by atoms with E-state index in [1.807, 2.05) is 6.92 Å². The van der Waals surface area contributed by atoms with E-state index >= 15 is 0 Å². The summed E-state index contributed by atoms with van der Waals surface area (Å²) < 4.78 is 23.2. The number of esters is 1. The molecule has 6 heteroatoms. The van der Waals surface area contributed by atoms with Crippen molar-refractivity contribution in [2.75, 3.05) is 13.7 Å². The second-order valence-corrected chi connectivity index (χ2v) is 5.50. The van der Waals surface area contributed by atoms with Crippen molar-refractivity contribution in [3.63, 3.8) is 0 Å². The monoisotopic (exact) mass is 309 g/mol. The molecule has 5 nitrogen and oxygen atoms in total. The van der Waals surface area contributed by atoms with Crippen LogP contribution in [0.3, 0.4) is 0 Å². The Labute approximate surface area is 128 Å². The third-order valence-electron chi connectivity index (χ3n) is 3.65. The molecule has 0 spiro atoms. The second-order valence-electron chi connectivity index (χ2n) is 5.50. The summed E-state index contributed by atoms with van der Waals surface area (Å²) in [6, 6.07) is 4.36. The van der Waals surface area contributed by atoms with Gasteiger partial charge in [0.1, 0.15) is 0 Å². The Balaban J connectivity index is 1.75. The van der Waals surface area contributed by atoms with Gasteiger partial charge in [-0.05, 0) is 43.4 Å². The van der Waals surface area contributed by atoms with Gasteiger partial charge in [-0.2, -0.15) is 0 Å². The average Bonchev–Trinajstić information content (AvgIpc) is 3.30. The van der Waals surface area contributed by atoms with Gasteiger partial charge in [0, 0.05) is 6.04 Å². The molecule has 0 aromatic heterocycles. The Bertz CT molecular complexity index is 557. The molecule has 1 saturated carbocycles. The molecular weight excluding hydrogens is 289 g/mol. The van der Waals surface area contributed by atoms with Crippen LogP contribution in [0, 0.1) is 11.7 Å². The highest BCUT2D eigenvalue weighted by Gasteiger charge is 2.28. The van der Waals surface area contributed by atoms with Crippen molar-refractivity contribution in [3.05, 3.63) is 29.6 Å². The van der Waals surface area contributed by atoms with Gasteiger partial charge in [0.15, 0.2) is 18.2 Å². The number of methoxy groups -OCH3 is 1. The van der Waals surface area contributed by atoms with E-state index in [0.29, 0.717) is 11.5 Å². The molecule has 0 heterocycles. The Morgan fingerprint density at radius 3 is 2.73 bits per heavy atom. The number of ether oxygens (including phenoxy) is 2. The van der Waals surface area contributed by atoms with Crippen LogP contribution in [0.2, 0.25) is 0 Å². The lowest BCUT2D eigenvalue weighted by Gasteiger charge is -2.12. The molecule has 1 fully saturated rings. The standard InChI is InChI=1S/C16H20FNO4/c1-10(12-4-5-12)18-15(19)9-22-16(20)8-11-3-6-14(21-2)13(17)7-11/h3,6-7,10,12H,4-5,8-9H2,1-2H3,(H,18,19)/t10-/m0/s1. The third kappa shape index (κ3) is 4.72. The minimum absolute atomic E-state index is 0.0909. The van der Waals surface area contributed by atoms with Crippen LogP contribution in [0.4, 0.5) is 4.39 Å². The number of hydrogen-bond acceptors (Lipinski definition) is 4. The minimum Gasteiger partial charge on any atom is -0.494 e. The van der Waals surface area contributed by atoms with E-state index in [4.69, 9.17) is 9.47 Å². The number of rotatable bonds is 7. The van der Waals surface area contributed by atoms with Crippen molar-refractivity contribution in [1.29, 1.82) is 0 Å². The SMILES string of the molecule is COc1ccc(CC(=O)OCC(=O)N[C@@H](C)C2CC2)cc1F. The molecule has 1 aromatic carbocycles. The predicted molar refractivity (Wildman–Crippen MR) is 77.9 cm³/mol. The van der Waals surface area contributed by atoms with Crippen LogP contribution in [0.1, 0.15) is 25.3 Å². The summed E-state index contributed by atoms with van der Waals surface area (Å²) in [6.07, 6.45) is 2.17. The lowest BCUT2D eigenvalue weighted by atomic mass is 10.1. The lowest BCUT2D eigenvalue weighted by Crippen LogP contribution is -2.37. The highest BCUT2D eigenvalue weighted by Crippen LogP contribution is 2.32. The van der Waals surface area contributed by atoms with Gasteiger partial charge in [0.05, 0.1) is 13.5 Å². The molecule has 120 valence electrons. The first kappa shape index (κ1) is 16.3. The summed E-state index contributed by atoms with van der Waals surface area (Å²) in [5.41, 5.74) is 0.468. The van der Waals surface area contributed by atoms with Crippen LogP contribution < -0.4 is 10.1 Å². The first-order valence-electron chi connectivity index (χ1n) is 7.27. The quantitative estimate of drug-likeness (QED) is 0.781. The van der Waals surface area contributed by atoms with Crippen molar-refractivity contribution >= 4 is 11.9 Å². The minimum atomic E-state index is -0.571. The Kier molecular flexibility index (Phi) is 5.35. The van der Waals surface area contributed by atoms with E-state index in [-0.39, 0.29) is 30.7 Å². The maximum atomic E-state index is 13.5. The van der Waals surface area contributed by atoms with E-state index in [0.717, 1.165) is 12.8 Å². The first-order chi connectivity index (χ1) is 10.5. The van der Waals surface area contributed by atoms with Crippen LogP contribution in [0.25, 0.3) is 0 Å². The summed E-state index contributed by atoms with van der Waals surface area (Å²) in [4.78, 5) is 23.3. The second kappa shape index (κ2) is 7.24. The Hall–Kier alpha value is -2.11. The zero-order valence-corrected chi connectivity index (χ0v) is 12.7. The summed E-state index contributed by atoms with van der Waals surface area (Å²) in [5, 5.41) is 2.79. The average molecular weight is 309 g/mol. The number of benzene rings is 1. The predicted octanol–water partition coefficient (Wildman–Crippen LogP) is 1.83. The Morgan fingerprint density at radius 1 is 1.41 bits per heavy atom.